The van der Waals surface area contributed by atoms with Gasteiger partial charge in [0, 0.05) is 43.1 Å². The van der Waals surface area contributed by atoms with Crippen LogP contribution in [0.1, 0.15) is 39.4 Å². The average molecular weight is 507 g/mol. The van der Waals surface area contributed by atoms with Crippen molar-refractivity contribution in [2.45, 2.75) is 18.7 Å². The number of phenols is 1. The molecule has 184 valence electrons. The van der Waals surface area contributed by atoms with E-state index in [4.69, 9.17) is 26.8 Å². The molecule has 4 rings (SSSR count). The second-order valence-corrected chi connectivity index (χ2v) is 8.58. The molecule has 9 heteroatoms. The van der Waals surface area contributed by atoms with Crippen molar-refractivity contribution < 1.29 is 24.1 Å². The molecule has 0 radical (unpaired) electrons. The third-order valence-electron chi connectivity index (χ3n) is 6.13. The van der Waals surface area contributed by atoms with Gasteiger partial charge in [-0.3, -0.25) is 4.90 Å². The van der Waals surface area contributed by atoms with Gasteiger partial charge in [0.2, 0.25) is 0 Å². The van der Waals surface area contributed by atoms with E-state index < -0.39 is 11.2 Å². The van der Waals surface area contributed by atoms with Gasteiger partial charge in [-0.15, -0.1) is 12.4 Å². The standard InChI is InChI=1S/C25H30N2O5S.ClH/c1-4-32-25(29)22-21-18(15-27-10-12-31-13-11-27)20(28)9-8-19(21)26(2)23(22)24(33)16-6-5-7-17(14-16)30-3;/h5-9,14,24,28,33H,4,10-13,15H2,1-3H3;1H. The van der Waals surface area contributed by atoms with E-state index in [-0.39, 0.29) is 24.8 Å². The first kappa shape index (κ1) is 26.2. The zero-order chi connectivity index (χ0) is 23.5. The quantitative estimate of drug-likeness (QED) is 0.367. The third-order valence-corrected chi connectivity index (χ3v) is 6.67. The van der Waals surface area contributed by atoms with E-state index in [1.54, 1.807) is 20.1 Å². The van der Waals surface area contributed by atoms with Crippen LogP contribution in [-0.2, 0) is 23.1 Å². The number of benzene rings is 2. The topological polar surface area (TPSA) is 73.2 Å². The molecule has 0 aliphatic carbocycles. The molecule has 7 nitrogen and oxygen atoms in total. The summed E-state index contributed by atoms with van der Waals surface area (Å²) in [6, 6.07) is 11.2. The number of fused-ring (bicyclic) bond motifs is 1. The van der Waals surface area contributed by atoms with Gasteiger partial charge in [-0.2, -0.15) is 12.6 Å². The summed E-state index contributed by atoms with van der Waals surface area (Å²) in [7, 11) is 3.54. The number of methoxy groups -OCH3 is 1. The fourth-order valence-corrected chi connectivity index (χ4v) is 4.91. The molecule has 1 aliphatic heterocycles. The van der Waals surface area contributed by atoms with Gasteiger partial charge >= 0.3 is 5.97 Å². The summed E-state index contributed by atoms with van der Waals surface area (Å²) in [4.78, 5) is 15.5. The van der Waals surface area contributed by atoms with Crippen molar-refractivity contribution in [3.8, 4) is 11.5 Å². The summed E-state index contributed by atoms with van der Waals surface area (Å²) >= 11 is 4.93. The number of nitrogens with zero attached hydrogens (tertiary/aromatic N) is 2. The Morgan fingerprint density at radius 2 is 1.97 bits per heavy atom. The number of carbonyl (C=O) groups is 1. The predicted octanol–water partition coefficient (Wildman–Crippen LogP) is 4.34. The van der Waals surface area contributed by atoms with E-state index in [2.05, 4.69) is 4.90 Å². The van der Waals surface area contributed by atoms with Crippen LogP contribution in [0.2, 0.25) is 0 Å². The molecule has 2 heterocycles. The normalized spacial score (nSPS) is 15.1. The number of hydrogen-bond acceptors (Lipinski definition) is 7. The summed E-state index contributed by atoms with van der Waals surface area (Å²) in [6.07, 6.45) is 0. The van der Waals surface area contributed by atoms with Crippen LogP contribution in [0.15, 0.2) is 36.4 Å². The highest BCUT2D eigenvalue weighted by Crippen LogP contribution is 2.41. The highest BCUT2D eigenvalue weighted by molar-refractivity contribution is 7.80. The summed E-state index contributed by atoms with van der Waals surface area (Å²) in [5.74, 6) is 0.455. The van der Waals surface area contributed by atoms with Crippen LogP contribution in [0.4, 0.5) is 0 Å². The minimum Gasteiger partial charge on any atom is -0.508 e. The highest BCUT2D eigenvalue weighted by atomic mass is 35.5. The van der Waals surface area contributed by atoms with Gasteiger partial charge in [0.05, 0.1) is 43.4 Å². The summed E-state index contributed by atoms with van der Waals surface area (Å²) in [6.45, 7) is 5.38. The zero-order valence-electron chi connectivity index (χ0n) is 19.6. The number of aryl methyl sites for hydroxylation is 1. The van der Waals surface area contributed by atoms with Gasteiger partial charge in [0.15, 0.2) is 0 Å². The number of rotatable bonds is 7. The summed E-state index contributed by atoms with van der Waals surface area (Å²) in [5.41, 5.74) is 3.61. The fraction of sp³-hybridized carbons (Fsp3) is 0.400. The van der Waals surface area contributed by atoms with Crippen LogP contribution in [-0.4, -0.2) is 60.6 Å². The number of halogens is 1. The Labute approximate surface area is 211 Å². The van der Waals surface area contributed by atoms with Crippen LogP contribution in [0, 0.1) is 0 Å². The molecular formula is C25H31ClN2O5S. The molecular weight excluding hydrogens is 476 g/mol. The lowest BCUT2D eigenvalue weighted by Crippen LogP contribution is -2.35. The highest BCUT2D eigenvalue weighted by Gasteiger charge is 2.30. The zero-order valence-corrected chi connectivity index (χ0v) is 21.3. The van der Waals surface area contributed by atoms with Crippen LogP contribution in [0.5, 0.6) is 11.5 Å². The first-order valence-corrected chi connectivity index (χ1v) is 11.6. The Morgan fingerprint density at radius 1 is 1.24 bits per heavy atom. The van der Waals surface area contributed by atoms with Crippen LogP contribution in [0.3, 0.4) is 0 Å². The van der Waals surface area contributed by atoms with Crippen molar-refractivity contribution in [1.82, 2.24) is 9.47 Å². The van der Waals surface area contributed by atoms with Crippen molar-refractivity contribution in [3.05, 3.63) is 58.8 Å². The molecule has 1 aromatic heterocycles. The van der Waals surface area contributed by atoms with Crippen molar-refractivity contribution in [1.29, 1.82) is 0 Å². The largest absolute Gasteiger partial charge is 0.508 e. The van der Waals surface area contributed by atoms with Crippen molar-refractivity contribution in [3.63, 3.8) is 0 Å². The molecule has 1 saturated heterocycles. The number of aromatic hydroxyl groups is 1. The molecule has 1 N–H and O–H groups in total. The van der Waals surface area contributed by atoms with E-state index in [1.807, 2.05) is 41.9 Å². The lowest BCUT2D eigenvalue weighted by atomic mass is 10.00. The molecule has 2 aromatic carbocycles. The predicted molar refractivity (Wildman–Crippen MR) is 138 cm³/mol. The van der Waals surface area contributed by atoms with Gasteiger partial charge in [-0.1, -0.05) is 12.1 Å². The Hall–Kier alpha value is -2.39. The monoisotopic (exact) mass is 506 g/mol. The minimum absolute atomic E-state index is 0. The van der Waals surface area contributed by atoms with E-state index >= 15 is 0 Å². The van der Waals surface area contributed by atoms with E-state index in [0.29, 0.717) is 47.7 Å². The van der Waals surface area contributed by atoms with Crippen molar-refractivity contribution in [2.75, 3.05) is 40.0 Å². The maximum Gasteiger partial charge on any atom is 0.340 e. The number of phenolic OH excluding ortho intramolecular Hbond substituents is 1. The van der Waals surface area contributed by atoms with Crippen LogP contribution >= 0.6 is 25.0 Å². The number of thiol groups is 1. The van der Waals surface area contributed by atoms with Gasteiger partial charge in [-0.05, 0) is 36.8 Å². The first-order chi connectivity index (χ1) is 16.0. The number of hydrogen-bond donors (Lipinski definition) is 2. The van der Waals surface area contributed by atoms with Crippen molar-refractivity contribution in [2.24, 2.45) is 7.05 Å². The van der Waals surface area contributed by atoms with Crippen LogP contribution in [0.25, 0.3) is 10.9 Å². The minimum atomic E-state index is -0.422. The lowest BCUT2D eigenvalue weighted by Gasteiger charge is -2.27. The Balaban J connectivity index is 0.00000324. The molecule has 1 unspecified atom stereocenters. The fourth-order valence-electron chi connectivity index (χ4n) is 4.45. The molecule has 1 aliphatic rings. The maximum atomic E-state index is 13.3. The van der Waals surface area contributed by atoms with Crippen molar-refractivity contribution >= 4 is 41.9 Å². The number of ether oxygens (including phenoxy) is 3. The van der Waals surface area contributed by atoms with Gasteiger partial charge in [-0.25, -0.2) is 4.79 Å². The number of carbonyl (C=O) groups excluding carboxylic acids is 1. The van der Waals surface area contributed by atoms with E-state index in [0.717, 1.165) is 24.2 Å². The lowest BCUT2D eigenvalue weighted by molar-refractivity contribution is 0.0340. The molecule has 0 saturated carbocycles. The Bertz CT molecular complexity index is 1160. The molecule has 34 heavy (non-hydrogen) atoms. The van der Waals surface area contributed by atoms with Crippen LogP contribution < -0.4 is 4.74 Å². The Kier molecular flexibility index (Phi) is 8.76. The average Bonchev–Trinajstić information content (AvgIpc) is 3.13. The number of aromatic nitrogens is 1. The van der Waals surface area contributed by atoms with E-state index in [9.17, 15) is 9.90 Å². The van der Waals surface area contributed by atoms with E-state index in [1.165, 1.54) is 0 Å². The number of esters is 1. The molecule has 3 aromatic rings. The summed E-state index contributed by atoms with van der Waals surface area (Å²) in [5, 5.41) is 11.1. The molecule has 0 amide bonds. The molecule has 1 fully saturated rings. The molecule has 1 atom stereocenters. The third kappa shape index (κ3) is 5.00. The van der Waals surface area contributed by atoms with Gasteiger partial charge in [0.1, 0.15) is 11.5 Å². The molecule has 0 spiro atoms. The molecule has 0 bridgehead atoms. The second-order valence-electron chi connectivity index (χ2n) is 8.06. The van der Waals surface area contributed by atoms with Gasteiger partial charge in [0.25, 0.3) is 0 Å². The first-order valence-electron chi connectivity index (χ1n) is 11.1. The number of morpholine rings is 1. The second kappa shape index (κ2) is 11.4. The SMILES string of the molecule is CCOC(=O)c1c(C(S)c2cccc(OC)c2)n(C)c2ccc(O)c(CN3CCOCC3)c12.Cl. The van der Waals surface area contributed by atoms with Gasteiger partial charge < -0.3 is 23.9 Å². The summed E-state index contributed by atoms with van der Waals surface area (Å²) < 4.78 is 18.3. The Morgan fingerprint density at radius 3 is 2.65 bits per heavy atom. The maximum absolute atomic E-state index is 13.3. The smallest absolute Gasteiger partial charge is 0.340 e.